The number of likely N-dealkylation sites (N-methyl/N-ethyl adjacent to an activating group) is 1. The minimum atomic E-state index is -0.275. The first-order chi connectivity index (χ1) is 17.2. The second kappa shape index (κ2) is 14.0. The van der Waals surface area contributed by atoms with E-state index in [2.05, 4.69) is 45.6 Å². The highest BCUT2D eigenvalue weighted by Gasteiger charge is 2.19. The van der Waals surface area contributed by atoms with Crippen LogP contribution in [0.3, 0.4) is 0 Å². The maximum absolute atomic E-state index is 15.0. The van der Waals surface area contributed by atoms with Crippen LogP contribution in [0.15, 0.2) is 105 Å². The standard InChI is InChI=1S/C29H39FN6/c1-8-21(5)36(7)19-20(4)15-28(31)35-29(33-10-3)17-23-11-12-26(30)24(16-23)25-18-32-13-14-34-27(9-2)22(25)6/h9-10,12,15-18,34H,3,5,8,11,13-14,19H2,1-2,4,6-7H3,(H2,31,33,35)/b20-15+,23-17+,25-22?,27-9-,32-18?. The molecule has 0 fully saturated rings. The highest BCUT2D eigenvalue weighted by Crippen LogP contribution is 2.31. The number of nitrogens with zero attached hydrogens (tertiary/aromatic N) is 3. The highest BCUT2D eigenvalue weighted by atomic mass is 19.1. The minimum Gasteiger partial charge on any atom is -0.383 e. The maximum Gasteiger partial charge on any atom is 0.146 e. The van der Waals surface area contributed by atoms with Crippen LogP contribution in [0.25, 0.3) is 0 Å². The van der Waals surface area contributed by atoms with Crippen molar-refractivity contribution in [3.8, 4) is 0 Å². The molecule has 3 N–H and O–H groups in total. The number of halogens is 1. The van der Waals surface area contributed by atoms with Gasteiger partial charge in [-0.15, -0.1) is 0 Å². The van der Waals surface area contributed by atoms with E-state index in [1.54, 1.807) is 18.4 Å². The van der Waals surface area contributed by atoms with Crippen LogP contribution in [0.4, 0.5) is 4.39 Å². The lowest BCUT2D eigenvalue weighted by atomic mass is 9.91. The normalized spacial score (nSPS) is 19.3. The van der Waals surface area contributed by atoms with Crippen LogP contribution in [0, 0.1) is 5.41 Å². The Morgan fingerprint density at radius 2 is 2.17 bits per heavy atom. The second-order valence-corrected chi connectivity index (χ2v) is 8.73. The van der Waals surface area contributed by atoms with Gasteiger partial charge in [-0.2, -0.15) is 0 Å². The van der Waals surface area contributed by atoms with Gasteiger partial charge in [0.25, 0.3) is 0 Å². The van der Waals surface area contributed by atoms with Crippen molar-refractivity contribution in [3.63, 3.8) is 0 Å². The Morgan fingerprint density at radius 3 is 2.83 bits per heavy atom. The fourth-order valence-corrected chi connectivity index (χ4v) is 3.90. The number of allylic oxidation sites excluding steroid dienone is 9. The van der Waals surface area contributed by atoms with Crippen molar-refractivity contribution in [1.29, 1.82) is 5.41 Å². The van der Waals surface area contributed by atoms with Gasteiger partial charge < -0.3 is 15.5 Å². The lowest BCUT2D eigenvalue weighted by Gasteiger charge is -2.21. The van der Waals surface area contributed by atoms with Gasteiger partial charge in [0.2, 0.25) is 0 Å². The van der Waals surface area contributed by atoms with E-state index < -0.39 is 0 Å². The molecule has 0 amide bonds. The molecule has 0 radical (unpaired) electrons. The number of amidine groups is 2. The Balaban J connectivity index is 2.38. The smallest absolute Gasteiger partial charge is 0.146 e. The fourth-order valence-electron chi connectivity index (χ4n) is 3.90. The van der Waals surface area contributed by atoms with Crippen LogP contribution in [0.1, 0.15) is 40.5 Å². The van der Waals surface area contributed by atoms with Crippen molar-refractivity contribution in [2.24, 2.45) is 9.98 Å². The maximum atomic E-state index is 15.0. The molecule has 0 atom stereocenters. The zero-order valence-corrected chi connectivity index (χ0v) is 22.2. The molecule has 192 valence electrons. The van der Waals surface area contributed by atoms with Gasteiger partial charge in [-0.25, -0.2) is 9.38 Å². The lowest BCUT2D eigenvalue weighted by Crippen LogP contribution is -2.21. The molecule has 1 aliphatic heterocycles. The molecule has 36 heavy (non-hydrogen) atoms. The van der Waals surface area contributed by atoms with E-state index in [0.717, 1.165) is 46.7 Å². The largest absolute Gasteiger partial charge is 0.383 e. The Hall–Kier alpha value is -3.74. The molecule has 1 heterocycles. The molecule has 6 nitrogen and oxygen atoms in total. The molecule has 7 heteroatoms. The van der Waals surface area contributed by atoms with E-state index in [9.17, 15) is 4.39 Å². The number of aliphatic imine (C=N–C) groups is 2. The van der Waals surface area contributed by atoms with Crippen molar-refractivity contribution in [1.82, 2.24) is 15.5 Å². The van der Waals surface area contributed by atoms with Gasteiger partial charge in [0.1, 0.15) is 17.5 Å². The molecule has 0 spiro atoms. The summed E-state index contributed by atoms with van der Waals surface area (Å²) in [5.41, 5.74) is 6.03. The Morgan fingerprint density at radius 1 is 1.42 bits per heavy atom. The average molecular weight is 491 g/mol. The summed E-state index contributed by atoms with van der Waals surface area (Å²) >= 11 is 0. The van der Waals surface area contributed by atoms with Crippen LogP contribution >= 0.6 is 0 Å². The Bertz CT molecular complexity index is 1120. The predicted octanol–water partition coefficient (Wildman–Crippen LogP) is 5.90. The zero-order valence-electron chi connectivity index (χ0n) is 22.2. The molecule has 0 saturated carbocycles. The van der Waals surface area contributed by atoms with E-state index in [4.69, 9.17) is 5.41 Å². The quantitative estimate of drug-likeness (QED) is 0.293. The topological polar surface area (TPSA) is 75.9 Å². The molecule has 0 saturated heterocycles. The van der Waals surface area contributed by atoms with Crippen LogP contribution in [0.5, 0.6) is 0 Å². The Kier molecular flexibility index (Phi) is 11.1. The average Bonchev–Trinajstić information content (AvgIpc) is 2.82. The van der Waals surface area contributed by atoms with Gasteiger partial charge in [0.15, 0.2) is 0 Å². The van der Waals surface area contributed by atoms with E-state index in [1.165, 1.54) is 6.20 Å². The van der Waals surface area contributed by atoms with E-state index in [0.29, 0.717) is 30.9 Å². The van der Waals surface area contributed by atoms with Crippen molar-refractivity contribution >= 4 is 17.9 Å². The SMILES string of the molecule is C=CNC(/C=C1/C=C(C2=C(C)/C(=C/C)NCCN=C2)C(F)=CC1)=NC(=N)/C=C(\C)CN(C)C(=C)CC. The first-order valence-corrected chi connectivity index (χ1v) is 12.2. The summed E-state index contributed by atoms with van der Waals surface area (Å²) in [6, 6.07) is 0. The molecular formula is C29H39FN6. The van der Waals surface area contributed by atoms with E-state index in [-0.39, 0.29) is 11.7 Å². The lowest BCUT2D eigenvalue weighted by molar-refractivity contribution is 0.441. The van der Waals surface area contributed by atoms with E-state index >= 15 is 0 Å². The first kappa shape index (κ1) is 28.5. The molecule has 2 aliphatic rings. The van der Waals surface area contributed by atoms with Crippen molar-refractivity contribution < 1.29 is 4.39 Å². The molecule has 2 rings (SSSR count). The molecule has 0 aromatic carbocycles. The van der Waals surface area contributed by atoms with Gasteiger partial charge >= 0.3 is 0 Å². The van der Waals surface area contributed by atoms with Crippen LogP contribution in [-0.2, 0) is 0 Å². The number of hydrogen-bond acceptors (Lipinski definition) is 4. The van der Waals surface area contributed by atoms with Gasteiger partial charge in [0.05, 0.1) is 6.54 Å². The third-order valence-corrected chi connectivity index (χ3v) is 5.90. The van der Waals surface area contributed by atoms with E-state index in [1.807, 2.05) is 46.0 Å². The monoisotopic (exact) mass is 490 g/mol. The van der Waals surface area contributed by atoms with Gasteiger partial charge in [-0.1, -0.05) is 31.7 Å². The number of nitrogens with one attached hydrogen (secondary N) is 3. The summed E-state index contributed by atoms with van der Waals surface area (Å²) in [6.07, 6.45) is 13.5. The number of rotatable bonds is 8. The molecule has 0 aromatic rings. The summed E-state index contributed by atoms with van der Waals surface area (Å²) < 4.78 is 15.0. The first-order valence-electron chi connectivity index (χ1n) is 12.2. The van der Waals surface area contributed by atoms with Crippen molar-refractivity contribution in [3.05, 3.63) is 94.8 Å². The van der Waals surface area contributed by atoms with Crippen LogP contribution < -0.4 is 10.6 Å². The molecule has 0 unspecified atom stereocenters. The second-order valence-electron chi connectivity index (χ2n) is 8.73. The molecule has 0 aromatic heterocycles. The third kappa shape index (κ3) is 8.18. The van der Waals surface area contributed by atoms with Gasteiger partial charge in [-0.3, -0.25) is 10.4 Å². The van der Waals surface area contributed by atoms with Crippen LogP contribution in [-0.4, -0.2) is 49.5 Å². The fraction of sp³-hybridized carbons (Fsp3) is 0.345. The Labute approximate surface area is 215 Å². The summed E-state index contributed by atoms with van der Waals surface area (Å²) in [5, 5.41) is 14.7. The number of hydrogen-bond donors (Lipinski definition) is 3. The van der Waals surface area contributed by atoms with Crippen LogP contribution in [0.2, 0.25) is 0 Å². The minimum absolute atomic E-state index is 0.112. The van der Waals surface area contributed by atoms with Gasteiger partial charge in [-0.05, 0) is 75.3 Å². The summed E-state index contributed by atoms with van der Waals surface area (Å²) in [4.78, 5) is 10.9. The summed E-state index contributed by atoms with van der Waals surface area (Å²) in [7, 11) is 1.98. The molecule has 0 bridgehead atoms. The third-order valence-electron chi connectivity index (χ3n) is 5.90. The zero-order chi connectivity index (χ0) is 26.7. The molecule has 1 aliphatic carbocycles. The highest BCUT2D eigenvalue weighted by molar-refractivity contribution is 6.06. The van der Waals surface area contributed by atoms with Crippen molar-refractivity contribution in [2.45, 2.75) is 40.5 Å². The summed E-state index contributed by atoms with van der Waals surface area (Å²) in [6.45, 7) is 17.8. The molecular weight excluding hydrogens is 451 g/mol. The predicted molar refractivity (Wildman–Crippen MR) is 152 cm³/mol. The van der Waals surface area contributed by atoms with Gasteiger partial charge in [0, 0.05) is 48.9 Å². The summed E-state index contributed by atoms with van der Waals surface area (Å²) in [5.74, 6) is 0.295. The van der Waals surface area contributed by atoms with Crippen molar-refractivity contribution in [2.75, 3.05) is 26.7 Å².